The van der Waals surface area contributed by atoms with Gasteiger partial charge >= 0.3 is 5.97 Å². The van der Waals surface area contributed by atoms with Gasteiger partial charge in [0.05, 0.1) is 10.9 Å². The molecule has 0 bridgehead atoms. The van der Waals surface area contributed by atoms with Crippen molar-refractivity contribution >= 4 is 27.8 Å². The van der Waals surface area contributed by atoms with Crippen molar-refractivity contribution in [3.05, 3.63) is 28.2 Å². The molecule has 0 aliphatic carbocycles. The lowest BCUT2D eigenvalue weighted by molar-refractivity contribution is -0.137. The number of hydrogen-bond acceptors (Lipinski definition) is 3. The van der Waals surface area contributed by atoms with E-state index in [2.05, 4.69) is 15.9 Å². The molecule has 0 radical (unpaired) electrons. The smallest absolute Gasteiger partial charge is 0.305 e. The van der Waals surface area contributed by atoms with Crippen LogP contribution in [0.25, 0.3) is 0 Å². The average molecular weight is 302 g/mol. The lowest BCUT2D eigenvalue weighted by Gasteiger charge is -2.16. The highest BCUT2D eigenvalue weighted by atomic mass is 79.9. The number of amides is 1. The van der Waals surface area contributed by atoms with Crippen molar-refractivity contribution in [3.63, 3.8) is 0 Å². The number of carbonyl (C=O) groups is 2. The van der Waals surface area contributed by atoms with E-state index in [4.69, 9.17) is 5.11 Å². The molecule has 0 aliphatic rings. The summed E-state index contributed by atoms with van der Waals surface area (Å²) in [6.45, 7) is 0.130. The fourth-order valence-electron chi connectivity index (χ4n) is 1.23. The zero-order chi connectivity index (χ0) is 13.0. The zero-order valence-electron chi connectivity index (χ0n) is 9.18. The highest BCUT2D eigenvalue weighted by Gasteiger charge is 2.13. The van der Waals surface area contributed by atoms with Gasteiger partial charge in [0, 0.05) is 19.2 Å². The van der Waals surface area contributed by atoms with Gasteiger partial charge in [-0.3, -0.25) is 9.59 Å². The number of halogens is 1. The normalized spacial score (nSPS) is 10.0. The fraction of sp³-hybridized carbons (Fsp3) is 0.273. The molecule has 0 aliphatic heterocycles. The van der Waals surface area contributed by atoms with Gasteiger partial charge in [-0.15, -0.1) is 0 Å². The zero-order valence-corrected chi connectivity index (χ0v) is 10.8. The second-order valence-electron chi connectivity index (χ2n) is 3.54. The van der Waals surface area contributed by atoms with E-state index in [1.165, 1.54) is 18.0 Å². The summed E-state index contributed by atoms with van der Waals surface area (Å²) in [6, 6.07) is 4.46. The molecule has 17 heavy (non-hydrogen) atoms. The number of phenols is 1. The topological polar surface area (TPSA) is 77.8 Å². The van der Waals surface area contributed by atoms with Crippen molar-refractivity contribution in [1.82, 2.24) is 4.90 Å². The third kappa shape index (κ3) is 3.74. The molecule has 2 N–H and O–H groups in total. The number of hydrogen-bond donors (Lipinski definition) is 2. The third-order valence-corrected chi connectivity index (χ3v) is 2.87. The van der Waals surface area contributed by atoms with Crippen molar-refractivity contribution in [2.45, 2.75) is 6.42 Å². The summed E-state index contributed by atoms with van der Waals surface area (Å²) in [5, 5.41) is 17.9. The maximum absolute atomic E-state index is 11.8. The Balaban J connectivity index is 2.74. The highest BCUT2D eigenvalue weighted by molar-refractivity contribution is 9.10. The Morgan fingerprint density at radius 3 is 2.59 bits per heavy atom. The molecule has 1 amide bonds. The molecular formula is C11H12BrNO4. The number of carbonyl (C=O) groups excluding carboxylic acids is 1. The standard InChI is InChI=1S/C11H12BrNO4/c1-13(5-4-10(15)16)11(17)7-2-3-8(12)9(14)6-7/h2-3,6,14H,4-5H2,1H3,(H,15,16). The molecule has 92 valence electrons. The van der Waals surface area contributed by atoms with Crippen LogP contribution in [0.4, 0.5) is 0 Å². The lowest BCUT2D eigenvalue weighted by Crippen LogP contribution is -2.28. The molecule has 0 atom stereocenters. The summed E-state index contributed by atoms with van der Waals surface area (Å²) in [5.74, 6) is -1.31. The second-order valence-corrected chi connectivity index (χ2v) is 4.39. The third-order valence-electron chi connectivity index (χ3n) is 2.20. The molecule has 0 heterocycles. The predicted molar refractivity (Wildman–Crippen MR) is 65.0 cm³/mol. The van der Waals surface area contributed by atoms with Crippen molar-refractivity contribution in [2.75, 3.05) is 13.6 Å². The molecule has 0 saturated carbocycles. The molecule has 0 unspecified atom stereocenters. The van der Waals surface area contributed by atoms with E-state index in [-0.39, 0.29) is 24.6 Å². The highest BCUT2D eigenvalue weighted by Crippen LogP contribution is 2.24. The van der Waals surface area contributed by atoms with E-state index in [1.54, 1.807) is 12.1 Å². The van der Waals surface area contributed by atoms with E-state index in [0.717, 1.165) is 0 Å². The molecule has 0 fully saturated rings. The van der Waals surface area contributed by atoms with Crippen LogP contribution >= 0.6 is 15.9 Å². The summed E-state index contributed by atoms with van der Waals surface area (Å²) in [5.41, 5.74) is 0.318. The fourth-order valence-corrected chi connectivity index (χ4v) is 1.48. The van der Waals surface area contributed by atoms with Crippen molar-refractivity contribution in [3.8, 4) is 5.75 Å². The second kappa shape index (κ2) is 5.67. The van der Waals surface area contributed by atoms with Crippen molar-refractivity contribution in [1.29, 1.82) is 0 Å². The van der Waals surface area contributed by atoms with Gasteiger partial charge in [-0.25, -0.2) is 0 Å². The van der Waals surface area contributed by atoms with Crippen LogP contribution in [0.15, 0.2) is 22.7 Å². The molecule has 1 aromatic carbocycles. The van der Waals surface area contributed by atoms with E-state index >= 15 is 0 Å². The summed E-state index contributed by atoms with van der Waals surface area (Å²) in [6.07, 6.45) is -0.106. The van der Waals surface area contributed by atoms with E-state index in [0.29, 0.717) is 10.0 Å². The monoisotopic (exact) mass is 301 g/mol. The van der Waals surface area contributed by atoms with Gasteiger partial charge in [0.25, 0.3) is 5.91 Å². The SMILES string of the molecule is CN(CCC(=O)O)C(=O)c1ccc(Br)c(O)c1. The number of carboxylic acid groups (broad SMARTS) is 1. The molecular weight excluding hydrogens is 290 g/mol. The Bertz CT molecular complexity index is 447. The van der Waals surface area contributed by atoms with Crippen LogP contribution in [0, 0.1) is 0 Å². The summed E-state index contributed by atoms with van der Waals surface area (Å²) < 4.78 is 0.502. The first-order valence-electron chi connectivity index (χ1n) is 4.87. The Kier molecular flexibility index (Phi) is 4.51. The molecule has 0 spiro atoms. The number of nitrogens with zero attached hydrogens (tertiary/aromatic N) is 1. The van der Waals surface area contributed by atoms with Crippen LogP contribution in [-0.2, 0) is 4.79 Å². The first-order chi connectivity index (χ1) is 7.91. The van der Waals surface area contributed by atoms with Crippen LogP contribution in [0.3, 0.4) is 0 Å². The van der Waals surface area contributed by atoms with Gasteiger partial charge in [0.15, 0.2) is 0 Å². The number of aliphatic carboxylic acids is 1. The summed E-state index contributed by atoms with van der Waals surface area (Å²) in [4.78, 5) is 23.5. The maximum atomic E-state index is 11.8. The lowest BCUT2D eigenvalue weighted by atomic mass is 10.2. The molecule has 0 saturated heterocycles. The van der Waals surface area contributed by atoms with Crippen LogP contribution in [0.2, 0.25) is 0 Å². The Morgan fingerprint density at radius 1 is 1.41 bits per heavy atom. The van der Waals surface area contributed by atoms with Crippen LogP contribution < -0.4 is 0 Å². The molecule has 6 heteroatoms. The minimum absolute atomic E-state index is 0.0255. The number of benzene rings is 1. The molecule has 1 aromatic rings. The van der Waals surface area contributed by atoms with Gasteiger partial charge < -0.3 is 15.1 Å². The van der Waals surface area contributed by atoms with E-state index in [1.807, 2.05) is 0 Å². The summed E-state index contributed by atoms with van der Waals surface area (Å²) in [7, 11) is 1.52. The first kappa shape index (κ1) is 13.5. The average Bonchev–Trinajstić information content (AvgIpc) is 2.28. The van der Waals surface area contributed by atoms with Crippen molar-refractivity contribution in [2.24, 2.45) is 0 Å². The number of rotatable bonds is 4. The van der Waals surface area contributed by atoms with Gasteiger partial charge in [0.2, 0.25) is 0 Å². The number of phenolic OH excluding ortho intramolecular Hbond substituents is 1. The van der Waals surface area contributed by atoms with Gasteiger partial charge in [0.1, 0.15) is 5.75 Å². The quantitative estimate of drug-likeness (QED) is 0.887. The molecule has 5 nitrogen and oxygen atoms in total. The number of carboxylic acids is 1. The van der Waals surface area contributed by atoms with E-state index in [9.17, 15) is 14.7 Å². The van der Waals surface area contributed by atoms with Crippen LogP contribution in [0.5, 0.6) is 5.75 Å². The first-order valence-corrected chi connectivity index (χ1v) is 5.67. The van der Waals surface area contributed by atoms with Crippen LogP contribution in [0.1, 0.15) is 16.8 Å². The Labute approximate surface area is 107 Å². The van der Waals surface area contributed by atoms with Gasteiger partial charge in [-0.1, -0.05) is 0 Å². The maximum Gasteiger partial charge on any atom is 0.305 e. The number of aromatic hydroxyl groups is 1. The molecule has 0 aromatic heterocycles. The minimum atomic E-state index is -0.955. The van der Waals surface area contributed by atoms with Gasteiger partial charge in [-0.05, 0) is 34.1 Å². The Hall–Kier alpha value is -1.56. The predicted octanol–water partition coefficient (Wildman–Crippen LogP) is 1.70. The van der Waals surface area contributed by atoms with Gasteiger partial charge in [-0.2, -0.15) is 0 Å². The van der Waals surface area contributed by atoms with Crippen molar-refractivity contribution < 1.29 is 19.8 Å². The largest absolute Gasteiger partial charge is 0.507 e. The van der Waals surface area contributed by atoms with Crippen LogP contribution in [-0.4, -0.2) is 40.6 Å². The Morgan fingerprint density at radius 2 is 2.06 bits per heavy atom. The van der Waals surface area contributed by atoms with E-state index < -0.39 is 5.97 Å². The molecule has 1 rings (SSSR count). The summed E-state index contributed by atoms with van der Waals surface area (Å²) >= 11 is 3.11. The minimum Gasteiger partial charge on any atom is -0.507 e.